The second kappa shape index (κ2) is 11.5. The monoisotopic (exact) mass is 544 g/mol. The number of rotatable bonds is 12. The van der Waals surface area contributed by atoms with E-state index in [-0.39, 0.29) is 17.3 Å². The third-order valence-electron chi connectivity index (χ3n) is 10.6. The minimum atomic E-state index is 0.0289. The summed E-state index contributed by atoms with van der Waals surface area (Å²) in [4.78, 5) is 17.5. The molecule has 5 nitrogen and oxygen atoms in total. The lowest BCUT2D eigenvalue weighted by molar-refractivity contribution is -0.124. The molecule has 0 radical (unpaired) electrons. The van der Waals surface area contributed by atoms with Gasteiger partial charge in [-0.25, -0.2) is 0 Å². The van der Waals surface area contributed by atoms with E-state index in [1.165, 1.54) is 61.6 Å². The lowest BCUT2D eigenvalue weighted by Crippen LogP contribution is -2.69. The van der Waals surface area contributed by atoms with Crippen molar-refractivity contribution in [2.45, 2.75) is 108 Å². The SMILES string of the molecule is COc1ccc2c3c1O[C@H]1[C@@H](N(CCCCCCc4ccccc4)C(C)C)CC[C@H]4[C@@H](C2)N(CC(C)=O)CC[C@@]341. The Labute approximate surface area is 241 Å². The molecule has 2 aliphatic heterocycles. The number of unbranched alkanes of at least 4 members (excludes halogenated alkanes) is 3. The van der Waals surface area contributed by atoms with Crippen LogP contribution in [0.5, 0.6) is 11.5 Å². The van der Waals surface area contributed by atoms with Gasteiger partial charge in [-0.1, -0.05) is 49.2 Å². The Morgan fingerprint density at radius 2 is 1.90 bits per heavy atom. The van der Waals surface area contributed by atoms with Crippen molar-refractivity contribution in [1.82, 2.24) is 9.80 Å². The van der Waals surface area contributed by atoms with Gasteiger partial charge >= 0.3 is 0 Å². The molecule has 2 aromatic rings. The molecule has 2 aliphatic carbocycles. The Balaban J connectivity index is 1.21. The predicted molar refractivity (Wildman–Crippen MR) is 160 cm³/mol. The molecule has 5 heteroatoms. The fraction of sp³-hybridized carbons (Fsp3) is 0.629. The maximum Gasteiger partial charge on any atom is 0.165 e. The first-order valence-electron chi connectivity index (χ1n) is 15.8. The summed E-state index contributed by atoms with van der Waals surface area (Å²) >= 11 is 0. The van der Waals surface area contributed by atoms with Crippen molar-refractivity contribution in [3.05, 3.63) is 59.2 Å². The third kappa shape index (κ3) is 4.77. The smallest absolute Gasteiger partial charge is 0.165 e. The number of ether oxygens (including phenoxy) is 2. The van der Waals surface area contributed by atoms with E-state index in [1.807, 2.05) is 0 Å². The molecule has 4 aliphatic rings. The zero-order valence-corrected chi connectivity index (χ0v) is 25.0. The van der Waals surface area contributed by atoms with Crippen LogP contribution in [0, 0.1) is 5.92 Å². The van der Waals surface area contributed by atoms with E-state index >= 15 is 0 Å². The Bertz CT molecular complexity index is 1200. The number of methoxy groups -OCH3 is 1. The van der Waals surface area contributed by atoms with Crippen LogP contribution in [-0.4, -0.2) is 66.6 Å². The second-order valence-electron chi connectivity index (χ2n) is 13.1. The average molecular weight is 545 g/mol. The van der Waals surface area contributed by atoms with Gasteiger partial charge in [-0.05, 0) is 102 Å². The van der Waals surface area contributed by atoms with Crippen LogP contribution >= 0.6 is 0 Å². The van der Waals surface area contributed by atoms with Crippen LogP contribution in [0.25, 0.3) is 0 Å². The summed E-state index contributed by atoms with van der Waals surface area (Å²) in [6.07, 6.45) is 10.9. The second-order valence-corrected chi connectivity index (χ2v) is 13.1. The van der Waals surface area contributed by atoms with Gasteiger partial charge in [0.2, 0.25) is 0 Å². The summed E-state index contributed by atoms with van der Waals surface area (Å²) in [5, 5.41) is 0. The molecule has 6 rings (SSSR count). The number of aryl methyl sites for hydroxylation is 1. The van der Waals surface area contributed by atoms with Crippen molar-refractivity contribution >= 4 is 5.78 Å². The van der Waals surface area contributed by atoms with Crippen molar-refractivity contribution in [1.29, 1.82) is 0 Å². The zero-order chi connectivity index (χ0) is 27.9. The topological polar surface area (TPSA) is 42.0 Å². The normalized spacial score (nSPS) is 28.4. The number of hydrogen-bond acceptors (Lipinski definition) is 5. The average Bonchev–Trinajstić information content (AvgIpc) is 3.29. The van der Waals surface area contributed by atoms with Gasteiger partial charge in [0, 0.05) is 29.1 Å². The fourth-order valence-corrected chi connectivity index (χ4v) is 9.00. The standard InChI is InChI=1S/C35H48N2O3/c1-24(2)37(20-11-6-5-8-12-26-13-9-7-10-14-26)29-17-16-28-30-22-27-15-18-31(39-4)33-32(27)35(28,34(29)40-33)19-21-36(30)23-25(3)38/h7,9-10,13-15,18,24,28-30,34H,5-6,8,11-12,16-17,19-23H2,1-4H3/t28-,29-,30+,34-,35-/m0/s1. The van der Waals surface area contributed by atoms with Gasteiger partial charge in [-0.2, -0.15) is 0 Å². The van der Waals surface area contributed by atoms with E-state index in [0.717, 1.165) is 37.4 Å². The number of hydrogen-bond donors (Lipinski definition) is 0. The molecule has 40 heavy (non-hydrogen) atoms. The molecule has 216 valence electrons. The Kier molecular flexibility index (Phi) is 7.98. The van der Waals surface area contributed by atoms with E-state index in [9.17, 15) is 4.79 Å². The highest BCUT2D eigenvalue weighted by Gasteiger charge is 2.66. The van der Waals surface area contributed by atoms with Crippen molar-refractivity contribution < 1.29 is 14.3 Å². The number of likely N-dealkylation sites (tertiary alicyclic amines) is 1. The van der Waals surface area contributed by atoms with E-state index in [0.29, 0.717) is 30.6 Å². The molecule has 1 saturated carbocycles. The van der Waals surface area contributed by atoms with Crippen LogP contribution in [0.4, 0.5) is 0 Å². The lowest BCUT2D eigenvalue weighted by atomic mass is 9.51. The van der Waals surface area contributed by atoms with E-state index in [4.69, 9.17) is 9.47 Å². The third-order valence-corrected chi connectivity index (χ3v) is 10.6. The van der Waals surface area contributed by atoms with Crippen LogP contribution in [-0.2, 0) is 23.1 Å². The minimum absolute atomic E-state index is 0.0289. The van der Waals surface area contributed by atoms with E-state index < -0.39 is 0 Å². The Hall–Kier alpha value is -2.37. The fourth-order valence-electron chi connectivity index (χ4n) is 9.00. The van der Waals surface area contributed by atoms with Gasteiger partial charge in [-0.15, -0.1) is 0 Å². The number of benzene rings is 2. The first-order valence-corrected chi connectivity index (χ1v) is 15.8. The van der Waals surface area contributed by atoms with Crippen LogP contribution in [0.2, 0.25) is 0 Å². The maximum atomic E-state index is 12.2. The van der Waals surface area contributed by atoms with Gasteiger partial charge in [-0.3, -0.25) is 14.6 Å². The summed E-state index contributed by atoms with van der Waals surface area (Å²) in [5.74, 6) is 2.72. The van der Waals surface area contributed by atoms with Crippen molar-refractivity contribution in [3.63, 3.8) is 0 Å². The molecule has 0 N–H and O–H groups in total. The highest BCUT2D eigenvalue weighted by molar-refractivity contribution is 5.77. The van der Waals surface area contributed by atoms with Gasteiger partial charge in [0.25, 0.3) is 0 Å². The predicted octanol–water partition coefficient (Wildman–Crippen LogP) is 6.21. The molecule has 2 bridgehead atoms. The van der Waals surface area contributed by atoms with Crippen molar-refractivity contribution in [3.8, 4) is 11.5 Å². The van der Waals surface area contributed by atoms with E-state index in [1.54, 1.807) is 14.0 Å². The number of carbonyl (C=O) groups is 1. The maximum absolute atomic E-state index is 12.2. The minimum Gasteiger partial charge on any atom is -0.493 e. The molecule has 5 atom stereocenters. The van der Waals surface area contributed by atoms with Gasteiger partial charge in [0.1, 0.15) is 11.9 Å². The molecular weight excluding hydrogens is 496 g/mol. The molecule has 2 fully saturated rings. The number of carbonyl (C=O) groups excluding carboxylic acids is 1. The van der Waals surface area contributed by atoms with Gasteiger partial charge in [0.15, 0.2) is 11.5 Å². The van der Waals surface area contributed by atoms with Crippen LogP contribution in [0.1, 0.15) is 82.4 Å². The first-order chi connectivity index (χ1) is 19.4. The quantitative estimate of drug-likeness (QED) is 0.298. The zero-order valence-electron chi connectivity index (χ0n) is 25.0. The Morgan fingerprint density at radius 3 is 2.65 bits per heavy atom. The lowest BCUT2D eigenvalue weighted by Gasteiger charge is -2.60. The van der Waals surface area contributed by atoms with Crippen LogP contribution in [0.3, 0.4) is 0 Å². The molecule has 0 unspecified atom stereocenters. The number of ketones is 1. The molecule has 0 amide bonds. The molecule has 1 saturated heterocycles. The molecule has 2 aromatic carbocycles. The Morgan fingerprint density at radius 1 is 1.10 bits per heavy atom. The van der Waals surface area contributed by atoms with Gasteiger partial charge in [0.05, 0.1) is 13.7 Å². The first kappa shape index (κ1) is 27.8. The highest BCUT2D eigenvalue weighted by Crippen LogP contribution is 2.64. The summed E-state index contributed by atoms with van der Waals surface area (Å²) in [7, 11) is 1.77. The van der Waals surface area contributed by atoms with Crippen molar-refractivity contribution in [2.75, 3.05) is 26.7 Å². The summed E-state index contributed by atoms with van der Waals surface area (Å²) in [5.41, 5.74) is 4.36. The van der Waals surface area contributed by atoms with Crippen LogP contribution in [0.15, 0.2) is 42.5 Å². The molecule has 0 aromatic heterocycles. The van der Waals surface area contributed by atoms with Crippen LogP contribution < -0.4 is 9.47 Å². The number of piperidine rings is 1. The molecule has 2 heterocycles. The summed E-state index contributed by atoms with van der Waals surface area (Å²) in [6, 6.07) is 16.6. The molecule has 1 spiro atoms. The number of Topliss-reactive ketones (excluding diaryl/α,β-unsaturated/α-hetero) is 1. The molecular formula is C35H48N2O3. The van der Waals surface area contributed by atoms with E-state index in [2.05, 4.69) is 66.1 Å². The van der Waals surface area contributed by atoms with Gasteiger partial charge < -0.3 is 9.47 Å². The largest absolute Gasteiger partial charge is 0.493 e. The summed E-state index contributed by atoms with van der Waals surface area (Å²) < 4.78 is 13.0. The number of nitrogens with zero attached hydrogens (tertiary/aromatic N) is 2. The highest BCUT2D eigenvalue weighted by atomic mass is 16.5. The van der Waals surface area contributed by atoms with Crippen molar-refractivity contribution in [2.24, 2.45) is 5.92 Å². The summed E-state index contributed by atoms with van der Waals surface area (Å²) in [6.45, 7) is 9.16.